The summed E-state index contributed by atoms with van der Waals surface area (Å²) in [6.07, 6.45) is 0. The molecule has 1 unspecified atom stereocenters. The predicted molar refractivity (Wildman–Crippen MR) is 219 cm³/mol. The number of nitrogens with zero attached hydrogens (tertiary/aromatic N) is 4. The first kappa shape index (κ1) is 29.4. The van der Waals surface area contributed by atoms with E-state index in [0.29, 0.717) is 17.6 Å². The second-order valence-corrected chi connectivity index (χ2v) is 14.3. The van der Waals surface area contributed by atoms with E-state index >= 15 is 0 Å². The topological polar surface area (TPSA) is 43.6 Å². The fraction of sp³-hybridized carbons (Fsp3) is 0.0200. The van der Waals surface area contributed by atoms with Gasteiger partial charge in [-0.1, -0.05) is 164 Å². The van der Waals surface area contributed by atoms with Crippen LogP contribution in [0.2, 0.25) is 0 Å². The predicted octanol–water partition coefficient (Wildman–Crippen LogP) is 11.8. The van der Waals surface area contributed by atoms with Crippen molar-refractivity contribution in [1.29, 1.82) is 0 Å². The van der Waals surface area contributed by atoms with Gasteiger partial charge in [0.25, 0.3) is 0 Å². The Kier molecular flexibility index (Phi) is 5.95. The van der Waals surface area contributed by atoms with Crippen LogP contribution in [0.5, 0.6) is 0 Å². The molecule has 54 heavy (non-hydrogen) atoms. The van der Waals surface area contributed by atoms with E-state index in [0.717, 1.165) is 22.2 Å². The second-order valence-electron chi connectivity index (χ2n) is 14.3. The molecular weight excluding hydrogens is 657 g/mol. The number of hydrogen-bond acceptors (Lipinski definition) is 3. The van der Waals surface area contributed by atoms with E-state index in [4.69, 9.17) is 15.0 Å². The third kappa shape index (κ3) is 3.84. The number of benzene rings is 8. The Bertz CT molecular complexity index is 3120. The Labute approximate surface area is 311 Å². The lowest BCUT2D eigenvalue weighted by atomic mass is 9.70. The fourth-order valence-electron chi connectivity index (χ4n) is 9.50. The molecule has 2 aliphatic rings. The van der Waals surface area contributed by atoms with Gasteiger partial charge in [0.05, 0.1) is 16.4 Å². The summed E-state index contributed by atoms with van der Waals surface area (Å²) in [5, 5.41) is 4.88. The maximum atomic E-state index is 5.29. The molecular formula is C50H30N4. The minimum absolute atomic E-state index is 0.442. The van der Waals surface area contributed by atoms with Crippen LogP contribution in [0.3, 0.4) is 0 Å². The van der Waals surface area contributed by atoms with Crippen LogP contribution < -0.4 is 0 Å². The lowest BCUT2D eigenvalue weighted by Gasteiger charge is -2.30. The Morgan fingerprint density at radius 2 is 0.926 bits per heavy atom. The van der Waals surface area contributed by atoms with Crippen LogP contribution in [0.4, 0.5) is 0 Å². The minimum atomic E-state index is -0.442. The van der Waals surface area contributed by atoms with E-state index in [1.807, 2.05) is 18.2 Å². The van der Waals surface area contributed by atoms with Crippen molar-refractivity contribution >= 4 is 32.6 Å². The van der Waals surface area contributed by atoms with Gasteiger partial charge in [-0.3, -0.25) is 4.57 Å². The highest BCUT2D eigenvalue weighted by Gasteiger charge is 2.52. The molecule has 1 spiro atoms. The maximum Gasteiger partial charge on any atom is 0.238 e. The van der Waals surface area contributed by atoms with Gasteiger partial charge in [0.15, 0.2) is 11.6 Å². The number of para-hydroxylation sites is 2. The van der Waals surface area contributed by atoms with Crippen LogP contribution >= 0.6 is 0 Å². The molecule has 2 aromatic heterocycles. The van der Waals surface area contributed by atoms with Gasteiger partial charge in [-0.15, -0.1) is 0 Å². The highest BCUT2D eigenvalue weighted by molar-refractivity contribution is 6.09. The van der Waals surface area contributed by atoms with Gasteiger partial charge in [-0.25, -0.2) is 4.98 Å². The van der Waals surface area contributed by atoms with Crippen LogP contribution in [0.1, 0.15) is 22.3 Å². The van der Waals surface area contributed by atoms with Crippen LogP contribution in [-0.4, -0.2) is 19.5 Å². The molecule has 2 heterocycles. The second kappa shape index (κ2) is 10.9. The first-order valence-corrected chi connectivity index (χ1v) is 18.5. The number of aromatic nitrogens is 4. The molecule has 0 bridgehead atoms. The molecule has 0 fully saturated rings. The number of rotatable bonds is 3. The first-order valence-electron chi connectivity index (χ1n) is 18.5. The molecule has 12 rings (SSSR count). The number of fused-ring (bicyclic) bond motifs is 15. The van der Waals surface area contributed by atoms with Crippen LogP contribution in [-0.2, 0) is 5.41 Å². The van der Waals surface area contributed by atoms with Gasteiger partial charge < -0.3 is 0 Å². The molecule has 0 amide bonds. The quantitative estimate of drug-likeness (QED) is 0.186. The summed E-state index contributed by atoms with van der Waals surface area (Å²) >= 11 is 0. The van der Waals surface area contributed by atoms with E-state index in [9.17, 15) is 0 Å². The zero-order chi connectivity index (χ0) is 35.4. The highest BCUT2D eigenvalue weighted by Crippen LogP contribution is 2.63. The van der Waals surface area contributed by atoms with E-state index < -0.39 is 5.41 Å². The fourth-order valence-corrected chi connectivity index (χ4v) is 9.50. The molecule has 4 heteroatoms. The molecule has 0 saturated carbocycles. The molecule has 4 nitrogen and oxygen atoms in total. The van der Waals surface area contributed by atoms with Crippen LogP contribution in [0.15, 0.2) is 182 Å². The molecule has 0 N–H and O–H groups in total. The summed E-state index contributed by atoms with van der Waals surface area (Å²) in [5.74, 6) is 1.87. The van der Waals surface area contributed by atoms with Crippen LogP contribution in [0.25, 0.3) is 83.6 Å². The lowest BCUT2D eigenvalue weighted by Crippen LogP contribution is -2.25. The molecule has 10 aromatic rings. The highest BCUT2D eigenvalue weighted by atomic mass is 15.2. The maximum absolute atomic E-state index is 5.29. The average molecular weight is 687 g/mol. The van der Waals surface area contributed by atoms with E-state index in [1.165, 1.54) is 66.1 Å². The normalized spacial score (nSPS) is 15.1. The van der Waals surface area contributed by atoms with Gasteiger partial charge in [0, 0.05) is 21.9 Å². The molecule has 0 aliphatic heterocycles. The third-order valence-electron chi connectivity index (χ3n) is 11.7. The molecule has 250 valence electrons. The standard InChI is InChI=1S/C50H30N4/c1-2-15-32(16-3-1)47-51-48(53-49(52-47)54-44-24-12-8-19-36(44)37-20-9-13-25-45(37)54)33-27-28-42-39(30-33)35-18-6-10-22-40(35)50(42)41-23-11-7-21-38(41)46-34-17-5-4-14-31(34)26-29-43(46)50/h1-30H. The molecule has 2 aliphatic carbocycles. The Hall–Kier alpha value is -7.17. The summed E-state index contributed by atoms with van der Waals surface area (Å²) in [7, 11) is 0. The van der Waals surface area contributed by atoms with Gasteiger partial charge in [0.1, 0.15) is 0 Å². The average Bonchev–Trinajstić information content (AvgIpc) is 3.85. The SMILES string of the molecule is c1ccc(-c2nc(-c3ccc4c(c3)-c3ccccc3C43c4ccccc4-c4c3ccc3ccccc43)nc(-n3c4ccccc4c4ccccc43)n2)cc1. The van der Waals surface area contributed by atoms with Crippen molar-refractivity contribution in [3.63, 3.8) is 0 Å². The summed E-state index contributed by atoms with van der Waals surface area (Å²) in [6, 6.07) is 65.4. The van der Waals surface area contributed by atoms with Crippen molar-refractivity contribution in [3.05, 3.63) is 204 Å². The zero-order valence-corrected chi connectivity index (χ0v) is 29.1. The van der Waals surface area contributed by atoms with Crippen molar-refractivity contribution in [1.82, 2.24) is 19.5 Å². The summed E-state index contributed by atoms with van der Waals surface area (Å²) < 4.78 is 2.18. The summed E-state index contributed by atoms with van der Waals surface area (Å²) in [4.78, 5) is 15.6. The summed E-state index contributed by atoms with van der Waals surface area (Å²) in [6.45, 7) is 0. The lowest BCUT2D eigenvalue weighted by molar-refractivity contribution is 0.794. The molecule has 0 saturated heterocycles. The molecule has 0 radical (unpaired) electrons. The molecule has 8 aromatic carbocycles. The Morgan fingerprint density at radius 1 is 0.370 bits per heavy atom. The van der Waals surface area contributed by atoms with Gasteiger partial charge >= 0.3 is 0 Å². The van der Waals surface area contributed by atoms with Crippen molar-refractivity contribution in [2.24, 2.45) is 0 Å². The van der Waals surface area contributed by atoms with Crippen molar-refractivity contribution in [2.75, 3.05) is 0 Å². The van der Waals surface area contributed by atoms with Gasteiger partial charge in [-0.2, -0.15) is 9.97 Å². The Morgan fingerprint density at radius 3 is 1.69 bits per heavy atom. The van der Waals surface area contributed by atoms with Crippen LogP contribution in [0, 0.1) is 0 Å². The third-order valence-corrected chi connectivity index (χ3v) is 11.7. The van der Waals surface area contributed by atoms with Gasteiger partial charge in [-0.05, 0) is 73.5 Å². The van der Waals surface area contributed by atoms with E-state index in [1.54, 1.807) is 0 Å². The summed E-state index contributed by atoms with van der Waals surface area (Å²) in [5.41, 5.74) is 13.9. The minimum Gasteiger partial charge on any atom is -0.278 e. The van der Waals surface area contributed by atoms with Gasteiger partial charge in [0.2, 0.25) is 5.95 Å². The van der Waals surface area contributed by atoms with Crippen molar-refractivity contribution in [2.45, 2.75) is 5.41 Å². The van der Waals surface area contributed by atoms with Crippen molar-refractivity contribution in [3.8, 4) is 51.0 Å². The van der Waals surface area contributed by atoms with E-state index in [-0.39, 0.29) is 0 Å². The largest absolute Gasteiger partial charge is 0.278 e. The Balaban J connectivity index is 1.12. The first-order chi connectivity index (χ1) is 26.8. The molecule has 1 atom stereocenters. The number of hydrogen-bond donors (Lipinski definition) is 0. The zero-order valence-electron chi connectivity index (χ0n) is 29.1. The van der Waals surface area contributed by atoms with E-state index in [2.05, 4.69) is 168 Å². The smallest absolute Gasteiger partial charge is 0.238 e. The monoisotopic (exact) mass is 686 g/mol. The van der Waals surface area contributed by atoms with Crippen molar-refractivity contribution < 1.29 is 0 Å².